The highest BCUT2D eigenvalue weighted by Gasteiger charge is 2.14. The second-order valence-electron chi connectivity index (χ2n) is 4.46. The van der Waals surface area contributed by atoms with Crippen LogP contribution in [0.3, 0.4) is 0 Å². The molecule has 0 aliphatic carbocycles. The number of hydrogen-bond donors (Lipinski definition) is 1. The number of carboxylic acid groups (broad SMARTS) is 1. The lowest BCUT2D eigenvalue weighted by molar-refractivity contribution is 0.0697. The zero-order valence-corrected chi connectivity index (χ0v) is 11.0. The fraction of sp³-hybridized carbons (Fsp3) is 0.200. The molecule has 2 rings (SSSR count). The third-order valence-corrected chi connectivity index (χ3v) is 3.05. The zero-order chi connectivity index (χ0) is 13.8. The summed E-state index contributed by atoms with van der Waals surface area (Å²) in [4.78, 5) is 17.2. The molecular formula is C15H16N2O2. The number of rotatable bonds is 4. The molecule has 1 aromatic heterocycles. The minimum Gasteiger partial charge on any atom is -0.478 e. The van der Waals surface area contributed by atoms with Crippen LogP contribution in [0.25, 0.3) is 0 Å². The first-order chi connectivity index (χ1) is 9.09. The number of nitrogens with zero attached hydrogens (tertiary/aromatic N) is 2. The van der Waals surface area contributed by atoms with Gasteiger partial charge in [-0.15, -0.1) is 0 Å². The highest BCUT2D eigenvalue weighted by molar-refractivity contribution is 5.93. The summed E-state index contributed by atoms with van der Waals surface area (Å²) < 4.78 is 0. The van der Waals surface area contributed by atoms with Crippen molar-refractivity contribution in [3.8, 4) is 0 Å². The predicted molar refractivity (Wildman–Crippen MR) is 74.5 cm³/mol. The quantitative estimate of drug-likeness (QED) is 0.913. The number of hydrogen-bond acceptors (Lipinski definition) is 3. The Morgan fingerprint density at radius 3 is 2.68 bits per heavy atom. The molecule has 0 saturated carbocycles. The Labute approximate surface area is 112 Å². The first-order valence-electron chi connectivity index (χ1n) is 6.03. The van der Waals surface area contributed by atoms with Crippen molar-refractivity contribution >= 4 is 11.8 Å². The minimum atomic E-state index is -0.959. The third-order valence-electron chi connectivity index (χ3n) is 3.05. The topological polar surface area (TPSA) is 53.4 Å². The number of anilines is 1. The average molecular weight is 256 g/mol. The molecule has 0 bridgehead atoms. The van der Waals surface area contributed by atoms with Crippen molar-refractivity contribution in [3.05, 3.63) is 59.3 Å². The lowest BCUT2D eigenvalue weighted by Crippen LogP contribution is -2.21. The Morgan fingerprint density at radius 1 is 1.26 bits per heavy atom. The standard InChI is InChI=1S/C15H16N2O2/c1-11-6-3-4-7-12(11)10-17(2)14-13(15(18)19)8-5-9-16-14/h3-9H,10H2,1-2H3,(H,18,19). The van der Waals surface area contributed by atoms with Crippen LogP contribution in [0.5, 0.6) is 0 Å². The smallest absolute Gasteiger partial charge is 0.339 e. The van der Waals surface area contributed by atoms with Crippen LogP contribution >= 0.6 is 0 Å². The Balaban J connectivity index is 2.28. The van der Waals surface area contributed by atoms with Gasteiger partial charge in [0, 0.05) is 19.8 Å². The highest BCUT2D eigenvalue weighted by Crippen LogP contribution is 2.19. The van der Waals surface area contributed by atoms with Gasteiger partial charge in [-0.25, -0.2) is 9.78 Å². The predicted octanol–water partition coefficient (Wildman–Crippen LogP) is 2.72. The Morgan fingerprint density at radius 2 is 2.00 bits per heavy atom. The maximum Gasteiger partial charge on any atom is 0.339 e. The summed E-state index contributed by atoms with van der Waals surface area (Å²) in [5, 5.41) is 9.17. The molecule has 0 amide bonds. The van der Waals surface area contributed by atoms with Gasteiger partial charge >= 0.3 is 5.97 Å². The fourth-order valence-electron chi connectivity index (χ4n) is 1.99. The van der Waals surface area contributed by atoms with Gasteiger partial charge in [0.25, 0.3) is 0 Å². The summed E-state index contributed by atoms with van der Waals surface area (Å²) in [5.41, 5.74) is 2.56. The van der Waals surface area contributed by atoms with Crippen LogP contribution in [0.1, 0.15) is 21.5 Å². The summed E-state index contributed by atoms with van der Waals surface area (Å²) in [7, 11) is 1.85. The van der Waals surface area contributed by atoms with Crippen molar-refractivity contribution in [1.29, 1.82) is 0 Å². The summed E-state index contributed by atoms with van der Waals surface area (Å²) in [6, 6.07) is 11.2. The van der Waals surface area contributed by atoms with E-state index >= 15 is 0 Å². The normalized spacial score (nSPS) is 10.2. The molecule has 98 valence electrons. The number of pyridine rings is 1. The summed E-state index contributed by atoms with van der Waals surface area (Å²) in [5.74, 6) is -0.474. The van der Waals surface area contributed by atoms with Crippen molar-refractivity contribution < 1.29 is 9.90 Å². The second kappa shape index (κ2) is 5.52. The SMILES string of the molecule is Cc1ccccc1CN(C)c1ncccc1C(=O)O. The van der Waals surface area contributed by atoms with Gasteiger partial charge in [-0.3, -0.25) is 0 Å². The number of aromatic nitrogens is 1. The molecule has 0 fully saturated rings. The molecule has 1 heterocycles. The molecule has 0 spiro atoms. The van der Waals surface area contributed by atoms with Crippen LogP contribution in [0.15, 0.2) is 42.6 Å². The Hall–Kier alpha value is -2.36. The van der Waals surface area contributed by atoms with Gasteiger partial charge in [0.1, 0.15) is 11.4 Å². The number of aryl methyl sites for hydroxylation is 1. The molecule has 1 N–H and O–H groups in total. The molecule has 2 aromatic rings. The van der Waals surface area contributed by atoms with E-state index in [1.165, 1.54) is 5.56 Å². The molecule has 0 unspecified atom stereocenters. The van der Waals surface area contributed by atoms with Crippen molar-refractivity contribution in [3.63, 3.8) is 0 Å². The van der Waals surface area contributed by atoms with E-state index < -0.39 is 5.97 Å². The Bertz CT molecular complexity index is 596. The van der Waals surface area contributed by atoms with E-state index in [4.69, 9.17) is 5.11 Å². The summed E-state index contributed by atoms with van der Waals surface area (Å²) >= 11 is 0. The van der Waals surface area contributed by atoms with Gasteiger partial charge in [0.2, 0.25) is 0 Å². The van der Waals surface area contributed by atoms with Crippen molar-refractivity contribution in [2.24, 2.45) is 0 Å². The van der Waals surface area contributed by atoms with Crippen molar-refractivity contribution in [2.45, 2.75) is 13.5 Å². The van der Waals surface area contributed by atoms with E-state index in [0.29, 0.717) is 12.4 Å². The largest absolute Gasteiger partial charge is 0.478 e. The van der Waals surface area contributed by atoms with Crippen LogP contribution in [0, 0.1) is 6.92 Å². The maximum absolute atomic E-state index is 11.2. The van der Waals surface area contributed by atoms with Gasteiger partial charge in [0.05, 0.1) is 0 Å². The first-order valence-corrected chi connectivity index (χ1v) is 6.03. The van der Waals surface area contributed by atoms with E-state index in [1.54, 1.807) is 18.3 Å². The van der Waals surface area contributed by atoms with Gasteiger partial charge in [-0.1, -0.05) is 24.3 Å². The van der Waals surface area contributed by atoms with Crippen LogP contribution in [0.4, 0.5) is 5.82 Å². The van der Waals surface area contributed by atoms with Gasteiger partial charge in [-0.05, 0) is 30.2 Å². The first kappa shape index (κ1) is 13.1. The van der Waals surface area contributed by atoms with Crippen molar-refractivity contribution in [1.82, 2.24) is 4.98 Å². The minimum absolute atomic E-state index is 0.221. The Kier molecular flexibility index (Phi) is 3.80. The van der Waals surface area contributed by atoms with Crippen LogP contribution in [-0.4, -0.2) is 23.1 Å². The van der Waals surface area contributed by atoms with Gasteiger partial charge in [-0.2, -0.15) is 0 Å². The van der Waals surface area contributed by atoms with E-state index in [9.17, 15) is 4.79 Å². The molecule has 4 heteroatoms. The van der Waals surface area contributed by atoms with Crippen LogP contribution in [-0.2, 0) is 6.54 Å². The lowest BCUT2D eigenvalue weighted by atomic mass is 10.1. The summed E-state index contributed by atoms with van der Waals surface area (Å²) in [6.07, 6.45) is 1.61. The zero-order valence-electron chi connectivity index (χ0n) is 11.0. The maximum atomic E-state index is 11.2. The lowest BCUT2D eigenvalue weighted by Gasteiger charge is -2.20. The van der Waals surface area contributed by atoms with E-state index in [-0.39, 0.29) is 5.56 Å². The summed E-state index contributed by atoms with van der Waals surface area (Å²) in [6.45, 7) is 2.67. The molecule has 0 aliphatic heterocycles. The van der Waals surface area contributed by atoms with Gasteiger partial charge < -0.3 is 10.0 Å². The van der Waals surface area contributed by atoms with E-state index in [1.807, 2.05) is 43.1 Å². The molecule has 19 heavy (non-hydrogen) atoms. The van der Waals surface area contributed by atoms with Gasteiger partial charge in [0.15, 0.2) is 0 Å². The van der Waals surface area contributed by atoms with E-state index in [0.717, 1.165) is 5.56 Å². The average Bonchev–Trinajstić information content (AvgIpc) is 2.41. The number of carbonyl (C=O) groups is 1. The van der Waals surface area contributed by atoms with E-state index in [2.05, 4.69) is 4.98 Å². The fourth-order valence-corrected chi connectivity index (χ4v) is 1.99. The highest BCUT2D eigenvalue weighted by atomic mass is 16.4. The molecule has 0 atom stereocenters. The molecule has 0 radical (unpaired) electrons. The monoisotopic (exact) mass is 256 g/mol. The van der Waals surface area contributed by atoms with Crippen molar-refractivity contribution in [2.75, 3.05) is 11.9 Å². The second-order valence-corrected chi connectivity index (χ2v) is 4.46. The molecule has 1 aromatic carbocycles. The van der Waals surface area contributed by atoms with Crippen LogP contribution < -0.4 is 4.90 Å². The molecule has 0 saturated heterocycles. The number of benzene rings is 1. The molecule has 0 aliphatic rings. The third kappa shape index (κ3) is 2.91. The van der Waals surface area contributed by atoms with Crippen LogP contribution in [0.2, 0.25) is 0 Å². The molecular weight excluding hydrogens is 240 g/mol. The number of aromatic carboxylic acids is 1. The number of carboxylic acids is 1. The molecule has 4 nitrogen and oxygen atoms in total.